The number of benzene rings is 1. The number of aliphatic hydroxyl groups is 1. The van der Waals surface area contributed by atoms with Gasteiger partial charge in [-0.2, -0.15) is 0 Å². The Balaban J connectivity index is 3.04. The van der Waals surface area contributed by atoms with E-state index >= 15 is 0 Å². The average Bonchev–Trinajstić information content (AvgIpc) is 2.29. The van der Waals surface area contributed by atoms with Crippen LogP contribution < -0.4 is 9.47 Å². The number of hydrogen-bond donors (Lipinski definition) is 1. The van der Waals surface area contributed by atoms with E-state index < -0.39 is 12.2 Å². The minimum atomic E-state index is -0.621. The number of ether oxygens (including phenoxy) is 2. The summed E-state index contributed by atoms with van der Waals surface area (Å²) in [5.74, 6) is 0.852. The van der Waals surface area contributed by atoms with Gasteiger partial charge in [-0.3, -0.25) is 4.79 Å². The molecule has 0 saturated heterocycles. The van der Waals surface area contributed by atoms with Crippen molar-refractivity contribution in [1.29, 1.82) is 0 Å². The molecule has 0 heterocycles. The molecule has 0 fully saturated rings. The van der Waals surface area contributed by atoms with Crippen LogP contribution in [0.3, 0.4) is 0 Å². The van der Waals surface area contributed by atoms with Gasteiger partial charge in [0.15, 0.2) is 17.8 Å². The van der Waals surface area contributed by atoms with Gasteiger partial charge in [0, 0.05) is 0 Å². The van der Waals surface area contributed by atoms with Crippen LogP contribution in [-0.2, 0) is 0 Å². The predicted molar refractivity (Wildman–Crippen MR) is 60.2 cm³/mol. The number of carbonyl (C=O) groups is 1. The fourth-order valence-electron chi connectivity index (χ4n) is 1.20. The summed E-state index contributed by atoms with van der Waals surface area (Å²) in [5, 5.41) is 9.36. The van der Waals surface area contributed by atoms with Gasteiger partial charge in [0.25, 0.3) is 0 Å². The quantitative estimate of drug-likeness (QED) is 0.773. The molecule has 0 aromatic heterocycles. The molecular weight excluding hydrogens is 208 g/mol. The van der Waals surface area contributed by atoms with Crippen LogP contribution in [0.4, 0.5) is 0 Å². The molecule has 2 unspecified atom stereocenters. The molecule has 88 valence electrons. The lowest BCUT2D eigenvalue weighted by Gasteiger charge is -2.20. The van der Waals surface area contributed by atoms with Crippen molar-refractivity contribution >= 4 is 6.29 Å². The molecule has 1 N–H and O–H groups in total. The number of carbonyl (C=O) groups excluding carboxylic acids is 1. The van der Waals surface area contributed by atoms with E-state index in [2.05, 4.69) is 0 Å². The maximum absolute atomic E-state index is 10.8. The van der Waals surface area contributed by atoms with Crippen LogP contribution in [0.15, 0.2) is 18.2 Å². The number of rotatable bonds is 5. The van der Waals surface area contributed by atoms with Crippen molar-refractivity contribution in [3.8, 4) is 11.5 Å². The smallest absolute Gasteiger partial charge is 0.172 e. The topological polar surface area (TPSA) is 55.8 Å². The fraction of sp³-hybridized carbons (Fsp3) is 0.417. The third kappa shape index (κ3) is 2.73. The third-order valence-electron chi connectivity index (χ3n) is 2.34. The summed E-state index contributed by atoms with van der Waals surface area (Å²) < 4.78 is 10.6. The summed E-state index contributed by atoms with van der Waals surface area (Å²) >= 11 is 0. The second-order valence-corrected chi connectivity index (χ2v) is 3.56. The highest BCUT2D eigenvalue weighted by molar-refractivity contribution is 5.81. The normalized spacial score (nSPS) is 14.0. The van der Waals surface area contributed by atoms with Crippen LogP contribution in [0, 0.1) is 0 Å². The summed E-state index contributed by atoms with van der Waals surface area (Å²) in [7, 11) is 1.50. The molecule has 0 bridgehead atoms. The van der Waals surface area contributed by atoms with Crippen molar-refractivity contribution in [2.45, 2.75) is 26.1 Å². The van der Waals surface area contributed by atoms with Gasteiger partial charge >= 0.3 is 0 Å². The molecule has 0 radical (unpaired) electrons. The van der Waals surface area contributed by atoms with Crippen molar-refractivity contribution in [2.24, 2.45) is 0 Å². The molecule has 0 aliphatic rings. The van der Waals surface area contributed by atoms with Crippen LogP contribution in [-0.4, -0.2) is 30.7 Å². The van der Waals surface area contributed by atoms with Crippen molar-refractivity contribution in [1.82, 2.24) is 0 Å². The van der Waals surface area contributed by atoms with Crippen molar-refractivity contribution in [3.63, 3.8) is 0 Å². The molecular formula is C12H16O4. The molecule has 0 amide bonds. The second-order valence-electron chi connectivity index (χ2n) is 3.56. The number of methoxy groups -OCH3 is 1. The largest absolute Gasteiger partial charge is 0.493 e. The summed E-state index contributed by atoms with van der Waals surface area (Å²) in [4.78, 5) is 10.8. The molecule has 0 aliphatic heterocycles. The van der Waals surface area contributed by atoms with Gasteiger partial charge in [0.05, 0.1) is 18.8 Å². The van der Waals surface area contributed by atoms with E-state index in [0.717, 1.165) is 0 Å². The Bertz CT molecular complexity index is 360. The molecule has 4 heteroatoms. The molecule has 0 spiro atoms. The maximum atomic E-state index is 10.8. The van der Waals surface area contributed by atoms with E-state index in [-0.39, 0.29) is 0 Å². The summed E-state index contributed by atoms with van der Waals surface area (Å²) in [6.45, 7) is 3.35. The standard InChI is InChI=1S/C12H16O4/c1-8(14)9(2)16-12-10(7-13)5-4-6-11(12)15-3/h4-9,14H,1-3H3. The van der Waals surface area contributed by atoms with Gasteiger partial charge in [0.1, 0.15) is 6.10 Å². The zero-order valence-electron chi connectivity index (χ0n) is 9.64. The van der Waals surface area contributed by atoms with Gasteiger partial charge in [-0.05, 0) is 26.0 Å². The van der Waals surface area contributed by atoms with Crippen LogP contribution >= 0.6 is 0 Å². The Hall–Kier alpha value is -1.55. The van der Waals surface area contributed by atoms with Gasteiger partial charge in [-0.25, -0.2) is 0 Å². The number of para-hydroxylation sites is 1. The SMILES string of the molecule is COc1cccc(C=O)c1OC(C)C(C)O. The zero-order chi connectivity index (χ0) is 12.1. The van der Waals surface area contributed by atoms with E-state index in [1.54, 1.807) is 32.0 Å². The third-order valence-corrected chi connectivity index (χ3v) is 2.34. The van der Waals surface area contributed by atoms with E-state index in [4.69, 9.17) is 9.47 Å². The first-order chi connectivity index (χ1) is 7.60. The molecule has 1 aromatic carbocycles. The zero-order valence-corrected chi connectivity index (χ0v) is 9.64. The highest BCUT2D eigenvalue weighted by Crippen LogP contribution is 2.31. The Labute approximate surface area is 94.8 Å². The van der Waals surface area contributed by atoms with Crippen LogP contribution in [0.2, 0.25) is 0 Å². The second kappa shape index (κ2) is 5.51. The Morgan fingerprint density at radius 2 is 2.06 bits per heavy atom. The molecule has 2 atom stereocenters. The highest BCUT2D eigenvalue weighted by atomic mass is 16.5. The van der Waals surface area contributed by atoms with Gasteiger partial charge in [-0.15, -0.1) is 0 Å². The van der Waals surface area contributed by atoms with Crippen molar-refractivity contribution < 1.29 is 19.4 Å². The summed E-state index contributed by atoms with van der Waals surface area (Å²) in [5.41, 5.74) is 0.409. The molecule has 1 aromatic rings. The molecule has 0 aliphatic carbocycles. The van der Waals surface area contributed by atoms with E-state index in [0.29, 0.717) is 23.3 Å². The van der Waals surface area contributed by atoms with Crippen LogP contribution in [0.1, 0.15) is 24.2 Å². The first-order valence-electron chi connectivity index (χ1n) is 5.07. The van der Waals surface area contributed by atoms with E-state index in [9.17, 15) is 9.90 Å². The fourth-order valence-corrected chi connectivity index (χ4v) is 1.20. The van der Waals surface area contributed by atoms with Gasteiger partial charge in [-0.1, -0.05) is 6.07 Å². The van der Waals surface area contributed by atoms with Crippen molar-refractivity contribution in [2.75, 3.05) is 7.11 Å². The molecule has 4 nitrogen and oxygen atoms in total. The summed E-state index contributed by atoms with van der Waals surface area (Å²) in [6, 6.07) is 5.05. The lowest BCUT2D eigenvalue weighted by Crippen LogP contribution is -2.26. The lowest BCUT2D eigenvalue weighted by atomic mass is 10.2. The molecule has 1 rings (SSSR count). The Morgan fingerprint density at radius 3 is 2.56 bits per heavy atom. The average molecular weight is 224 g/mol. The van der Waals surface area contributed by atoms with E-state index in [1.165, 1.54) is 7.11 Å². The number of aliphatic hydroxyl groups excluding tert-OH is 1. The Kier molecular flexibility index (Phi) is 4.31. The minimum Gasteiger partial charge on any atom is -0.493 e. The summed E-state index contributed by atoms with van der Waals surface area (Å²) in [6.07, 6.45) is -0.327. The highest BCUT2D eigenvalue weighted by Gasteiger charge is 2.16. The number of aldehydes is 1. The van der Waals surface area contributed by atoms with Gasteiger partial charge < -0.3 is 14.6 Å². The predicted octanol–water partition coefficient (Wildman–Crippen LogP) is 1.66. The lowest BCUT2D eigenvalue weighted by molar-refractivity contribution is 0.0579. The monoisotopic (exact) mass is 224 g/mol. The molecule has 0 saturated carbocycles. The Morgan fingerprint density at radius 1 is 1.38 bits per heavy atom. The number of hydrogen-bond acceptors (Lipinski definition) is 4. The van der Waals surface area contributed by atoms with Gasteiger partial charge in [0.2, 0.25) is 0 Å². The minimum absolute atomic E-state index is 0.369. The first-order valence-corrected chi connectivity index (χ1v) is 5.07. The van der Waals surface area contributed by atoms with Crippen LogP contribution in [0.5, 0.6) is 11.5 Å². The molecule has 16 heavy (non-hydrogen) atoms. The van der Waals surface area contributed by atoms with E-state index in [1.807, 2.05) is 0 Å². The van der Waals surface area contributed by atoms with Crippen LogP contribution in [0.25, 0.3) is 0 Å². The first kappa shape index (κ1) is 12.5. The maximum Gasteiger partial charge on any atom is 0.172 e. The van der Waals surface area contributed by atoms with Crippen molar-refractivity contribution in [3.05, 3.63) is 23.8 Å².